The van der Waals surface area contributed by atoms with Crippen LogP contribution in [0.4, 0.5) is 11.4 Å². The maximum atomic E-state index is 13.1. The number of esters is 1. The Hall–Kier alpha value is -3.23. The number of benzene rings is 1. The van der Waals surface area contributed by atoms with Gasteiger partial charge in [0.05, 0.1) is 11.4 Å². The molecule has 2 heterocycles. The fraction of sp³-hybridized carbons (Fsp3) is 0.389. The van der Waals surface area contributed by atoms with Crippen molar-refractivity contribution in [1.82, 2.24) is 5.43 Å². The first-order valence-electron chi connectivity index (χ1n) is 8.52. The molecule has 0 saturated heterocycles. The molecule has 0 fully saturated rings. The zero-order chi connectivity index (χ0) is 19.8. The minimum Gasteiger partial charge on any atom is -0.448 e. The van der Waals surface area contributed by atoms with Crippen molar-refractivity contribution in [2.45, 2.75) is 45.3 Å². The smallest absolute Gasteiger partial charge is 0.355 e. The summed E-state index contributed by atoms with van der Waals surface area (Å²) < 4.78 is 5.24. The predicted molar refractivity (Wildman–Crippen MR) is 97.0 cm³/mol. The molecule has 9 heteroatoms. The standard InChI is InChI=1S/C18H20N4O5/c1-10(27-16(25)12-8-9-14(23)21-20-12)15(24)22-13-7-5-4-6-11(13)19-17(26)18(22,2)3/h4-7,10H,8-9H2,1-3H3,(H,19,26)(H,21,23)/t10-/m1/s1. The van der Waals surface area contributed by atoms with Gasteiger partial charge in [0.25, 0.3) is 5.91 Å². The number of hydrogen-bond acceptors (Lipinski definition) is 6. The lowest BCUT2D eigenvalue weighted by molar-refractivity contribution is -0.148. The highest BCUT2D eigenvalue weighted by atomic mass is 16.5. The fourth-order valence-electron chi connectivity index (χ4n) is 2.93. The van der Waals surface area contributed by atoms with Crippen LogP contribution in [0.5, 0.6) is 0 Å². The summed E-state index contributed by atoms with van der Waals surface area (Å²) in [6, 6.07) is 6.91. The molecule has 1 aromatic carbocycles. The van der Waals surface area contributed by atoms with Crippen LogP contribution in [0.1, 0.15) is 33.6 Å². The van der Waals surface area contributed by atoms with Crippen LogP contribution >= 0.6 is 0 Å². The number of nitrogens with one attached hydrogen (secondary N) is 2. The van der Waals surface area contributed by atoms with Gasteiger partial charge in [-0.2, -0.15) is 5.10 Å². The van der Waals surface area contributed by atoms with Gasteiger partial charge in [0, 0.05) is 12.8 Å². The number of hydrogen-bond donors (Lipinski definition) is 2. The lowest BCUT2D eigenvalue weighted by Crippen LogP contribution is -2.60. The first-order chi connectivity index (χ1) is 12.7. The molecule has 142 valence electrons. The van der Waals surface area contributed by atoms with Crippen LogP contribution in [0.25, 0.3) is 0 Å². The largest absolute Gasteiger partial charge is 0.448 e. The van der Waals surface area contributed by atoms with Gasteiger partial charge in [0.1, 0.15) is 11.3 Å². The lowest BCUT2D eigenvalue weighted by atomic mass is 9.95. The Bertz CT molecular complexity index is 861. The van der Waals surface area contributed by atoms with Crippen molar-refractivity contribution in [3.63, 3.8) is 0 Å². The quantitative estimate of drug-likeness (QED) is 0.766. The van der Waals surface area contributed by atoms with Crippen molar-refractivity contribution in [1.29, 1.82) is 0 Å². The molecule has 0 spiro atoms. The van der Waals surface area contributed by atoms with E-state index in [0.29, 0.717) is 11.4 Å². The van der Waals surface area contributed by atoms with E-state index in [-0.39, 0.29) is 30.4 Å². The van der Waals surface area contributed by atoms with Gasteiger partial charge in [-0.25, -0.2) is 10.2 Å². The summed E-state index contributed by atoms with van der Waals surface area (Å²) in [6.45, 7) is 4.67. The predicted octanol–water partition coefficient (Wildman–Crippen LogP) is 0.948. The molecule has 3 rings (SSSR count). The Kier molecular flexibility index (Phi) is 4.69. The summed E-state index contributed by atoms with van der Waals surface area (Å²) in [7, 11) is 0. The first kappa shape index (κ1) is 18.6. The number of nitrogens with zero attached hydrogens (tertiary/aromatic N) is 2. The molecule has 2 N–H and O–H groups in total. The van der Waals surface area contributed by atoms with Gasteiger partial charge in [0.2, 0.25) is 11.8 Å². The van der Waals surface area contributed by atoms with E-state index in [1.807, 2.05) is 0 Å². The molecule has 27 heavy (non-hydrogen) atoms. The van der Waals surface area contributed by atoms with Crippen LogP contribution in [0, 0.1) is 0 Å². The van der Waals surface area contributed by atoms with Gasteiger partial charge >= 0.3 is 5.97 Å². The number of carbonyl (C=O) groups excluding carboxylic acids is 4. The van der Waals surface area contributed by atoms with Crippen LogP contribution in [-0.2, 0) is 23.9 Å². The van der Waals surface area contributed by atoms with Crippen LogP contribution in [0.2, 0.25) is 0 Å². The topological polar surface area (TPSA) is 117 Å². The number of carbonyl (C=O) groups is 4. The SMILES string of the molecule is C[C@@H](OC(=O)C1=NNC(=O)CC1)C(=O)N1c2ccccc2NC(=O)C1(C)C. The monoisotopic (exact) mass is 372 g/mol. The van der Waals surface area contributed by atoms with Crippen molar-refractivity contribution in [3.8, 4) is 0 Å². The van der Waals surface area contributed by atoms with Gasteiger partial charge < -0.3 is 10.1 Å². The Morgan fingerprint density at radius 1 is 1.22 bits per heavy atom. The summed E-state index contributed by atoms with van der Waals surface area (Å²) in [5.41, 5.74) is 2.13. The van der Waals surface area contributed by atoms with Gasteiger partial charge in [-0.3, -0.25) is 19.3 Å². The minimum absolute atomic E-state index is 0.0466. The molecule has 0 aromatic heterocycles. The number of hydrazone groups is 1. The molecule has 0 unspecified atom stereocenters. The number of para-hydroxylation sites is 2. The Morgan fingerprint density at radius 2 is 1.93 bits per heavy atom. The van der Waals surface area contributed by atoms with Crippen molar-refractivity contribution in [3.05, 3.63) is 24.3 Å². The average molecular weight is 372 g/mol. The van der Waals surface area contributed by atoms with Crippen molar-refractivity contribution >= 4 is 40.8 Å². The maximum absolute atomic E-state index is 13.1. The first-order valence-corrected chi connectivity index (χ1v) is 8.52. The molecular formula is C18H20N4O5. The fourth-order valence-corrected chi connectivity index (χ4v) is 2.93. The summed E-state index contributed by atoms with van der Waals surface area (Å²) in [5, 5.41) is 6.44. The number of anilines is 2. The number of rotatable bonds is 3. The van der Waals surface area contributed by atoms with Crippen LogP contribution in [0.3, 0.4) is 0 Å². The van der Waals surface area contributed by atoms with E-state index < -0.39 is 23.5 Å². The third-order valence-electron chi connectivity index (χ3n) is 4.50. The van der Waals surface area contributed by atoms with Crippen molar-refractivity contribution in [2.75, 3.05) is 10.2 Å². The number of ether oxygens (including phenoxy) is 1. The summed E-state index contributed by atoms with van der Waals surface area (Å²) in [5.74, 6) is -1.93. The van der Waals surface area contributed by atoms with Gasteiger partial charge in [0.15, 0.2) is 6.10 Å². The molecule has 2 aliphatic rings. The summed E-state index contributed by atoms with van der Waals surface area (Å²) in [6.07, 6.45) is -0.870. The minimum atomic E-state index is -1.16. The van der Waals surface area contributed by atoms with E-state index in [9.17, 15) is 19.2 Å². The number of fused-ring (bicyclic) bond motifs is 1. The zero-order valence-electron chi connectivity index (χ0n) is 15.2. The maximum Gasteiger partial charge on any atom is 0.355 e. The molecule has 0 aliphatic carbocycles. The van der Waals surface area contributed by atoms with E-state index >= 15 is 0 Å². The van der Waals surface area contributed by atoms with Gasteiger partial charge in [-0.15, -0.1) is 0 Å². The van der Waals surface area contributed by atoms with Crippen LogP contribution < -0.4 is 15.6 Å². The molecule has 3 amide bonds. The van der Waals surface area contributed by atoms with E-state index in [0.717, 1.165) is 0 Å². The molecule has 1 aromatic rings. The Balaban J connectivity index is 1.82. The van der Waals surface area contributed by atoms with E-state index in [1.165, 1.54) is 11.8 Å². The van der Waals surface area contributed by atoms with Gasteiger partial charge in [-0.1, -0.05) is 12.1 Å². The molecular weight excluding hydrogens is 352 g/mol. The second-order valence-electron chi connectivity index (χ2n) is 6.84. The third kappa shape index (κ3) is 3.40. The Labute approximate surface area is 155 Å². The van der Waals surface area contributed by atoms with E-state index in [2.05, 4.69) is 15.8 Å². The number of amides is 3. The van der Waals surface area contributed by atoms with E-state index in [1.54, 1.807) is 38.1 Å². The molecule has 1 atom stereocenters. The molecule has 2 aliphatic heterocycles. The second-order valence-corrected chi connectivity index (χ2v) is 6.84. The second kappa shape index (κ2) is 6.82. The molecule has 0 bridgehead atoms. The Morgan fingerprint density at radius 3 is 2.59 bits per heavy atom. The third-order valence-corrected chi connectivity index (χ3v) is 4.50. The molecule has 0 radical (unpaired) electrons. The van der Waals surface area contributed by atoms with Crippen LogP contribution in [-0.4, -0.2) is 41.0 Å². The highest BCUT2D eigenvalue weighted by Gasteiger charge is 2.45. The van der Waals surface area contributed by atoms with Crippen LogP contribution in [0.15, 0.2) is 29.4 Å². The summed E-state index contributed by atoms with van der Waals surface area (Å²) >= 11 is 0. The summed E-state index contributed by atoms with van der Waals surface area (Å²) in [4.78, 5) is 50.2. The van der Waals surface area contributed by atoms with Crippen molar-refractivity contribution < 1.29 is 23.9 Å². The average Bonchev–Trinajstić information content (AvgIpc) is 2.62. The van der Waals surface area contributed by atoms with Gasteiger partial charge in [-0.05, 0) is 32.9 Å². The lowest BCUT2D eigenvalue weighted by Gasteiger charge is -2.42. The zero-order valence-corrected chi connectivity index (χ0v) is 15.2. The highest BCUT2D eigenvalue weighted by molar-refractivity contribution is 6.37. The normalized spacial score (nSPS) is 19.2. The molecule has 0 saturated carbocycles. The van der Waals surface area contributed by atoms with Crippen molar-refractivity contribution in [2.24, 2.45) is 5.10 Å². The molecule has 9 nitrogen and oxygen atoms in total. The van der Waals surface area contributed by atoms with E-state index in [4.69, 9.17) is 4.74 Å². The highest BCUT2D eigenvalue weighted by Crippen LogP contribution is 2.37.